The number of amides is 7. The van der Waals surface area contributed by atoms with Crippen LogP contribution in [0, 0.1) is 17.8 Å². The minimum Gasteiger partial charge on any atom is -0.392 e. The van der Waals surface area contributed by atoms with Gasteiger partial charge in [-0.25, -0.2) is 0 Å². The molecular formula is C39H74N8O11. The summed E-state index contributed by atoms with van der Waals surface area (Å²) in [5, 5.41) is 40.2. The Morgan fingerprint density at radius 2 is 0.569 bits per heavy atom. The number of carbonyl (C=O) groups excluding carboxylic acids is 7. The number of likely N-dealkylation sites (N-methyl/N-ethyl adjacent to an activating group) is 1. The van der Waals surface area contributed by atoms with E-state index in [9.17, 15) is 54.0 Å². The SMILES string of the molecule is CC(C)CN(CC(=O)N(CC(=O)N(CC(=O)N(CC(=O)N(CC(=O)N(CC(N)=O)CC(C)O)CC(C)C)CC(C)O)CC(C)C)CC(C)O)C(=O)CN(C)CC(C)O. The fourth-order valence-corrected chi connectivity index (χ4v) is 6.16. The first-order valence-corrected chi connectivity index (χ1v) is 20.1. The van der Waals surface area contributed by atoms with Gasteiger partial charge in [-0.2, -0.15) is 0 Å². The molecule has 7 amide bonds. The molecule has 4 atom stereocenters. The normalized spacial score (nSPS) is 13.6. The highest BCUT2D eigenvalue weighted by Crippen LogP contribution is 2.10. The molecule has 0 rings (SSSR count). The van der Waals surface area contributed by atoms with Gasteiger partial charge in [-0.1, -0.05) is 41.5 Å². The van der Waals surface area contributed by atoms with Crippen LogP contribution in [0.3, 0.4) is 0 Å². The first kappa shape index (κ1) is 54.1. The van der Waals surface area contributed by atoms with E-state index in [2.05, 4.69) is 0 Å². The lowest BCUT2D eigenvalue weighted by Crippen LogP contribution is -2.54. The van der Waals surface area contributed by atoms with Gasteiger partial charge < -0.3 is 55.6 Å². The average molecular weight is 831 g/mol. The van der Waals surface area contributed by atoms with Crippen LogP contribution in [0.2, 0.25) is 0 Å². The van der Waals surface area contributed by atoms with E-state index in [1.165, 1.54) is 35.5 Å². The molecule has 0 aromatic rings. The van der Waals surface area contributed by atoms with E-state index in [-0.39, 0.29) is 82.6 Å². The van der Waals surface area contributed by atoms with Gasteiger partial charge in [0.05, 0.1) is 70.2 Å². The predicted octanol–water partition coefficient (Wildman–Crippen LogP) is -2.13. The van der Waals surface area contributed by atoms with Crippen LogP contribution in [0.25, 0.3) is 0 Å². The molecule has 19 heteroatoms. The van der Waals surface area contributed by atoms with Crippen LogP contribution in [-0.2, 0) is 33.6 Å². The fourth-order valence-electron chi connectivity index (χ4n) is 6.16. The highest BCUT2D eigenvalue weighted by molar-refractivity contribution is 5.92. The summed E-state index contributed by atoms with van der Waals surface area (Å²) in [6, 6.07) is 0. The van der Waals surface area contributed by atoms with Crippen molar-refractivity contribution < 1.29 is 54.0 Å². The van der Waals surface area contributed by atoms with Crippen molar-refractivity contribution in [3.05, 3.63) is 0 Å². The van der Waals surface area contributed by atoms with Gasteiger partial charge in [0.15, 0.2) is 0 Å². The van der Waals surface area contributed by atoms with Crippen molar-refractivity contribution in [1.29, 1.82) is 0 Å². The van der Waals surface area contributed by atoms with Crippen molar-refractivity contribution in [2.45, 2.75) is 93.7 Å². The lowest BCUT2D eigenvalue weighted by molar-refractivity contribution is -0.149. The summed E-state index contributed by atoms with van der Waals surface area (Å²) in [4.78, 5) is 102. The zero-order valence-corrected chi connectivity index (χ0v) is 36.8. The number of aliphatic hydroxyl groups is 4. The van der Waals surface area contributed by atoms with Crippen LogP contribution in [0.1, 0.15) is 69.2 Å². The van der Waals surface area contributed by atoms with Crippen molar-refractivity contribution in [3.63, 3.8) is 0 Å². The Kier molecular flexibility index (Phi) is 25.1. The molecule has 0 radical (unpaired) electrons. The molecule has 19 nitrogen and oxygen atoms in total. The summed E-state index contributed by atoms with van der Waals surface area (Å²) in [6.45, 7) is 13.9. The maximum atomic E-state index is 13.9. The summed E-state index contributed by atoms with van der Waals surface area (Å²) in [6.07, 6.45) is -3.76. The number of nitrogens with zero attached hydrogens (tertiary/aromatic N) is 7. The molecule has 0 aromatic heterocycles. The Hall–Kier alpha value is -3.91. The van der Waals surface area contributed by atoms with Crippen molar-refractivity contribution >= 4 is 41.4 Å². The summed E-state index contributed by atoms with van der Waals surface area (Å²) in [5.41, 5.74) is 5.31. The Bertz CT molecular complexity index is 1330. The van der Waals surface area contributed by atoms with E-state index in [0.29, 0.717) is 0 Å². The van der Waals surface area contributed by atoms with Gasteiger partial charge in [0, 0.05) is 45.8 Å². The van der Waals surface area contributed by atoms with E-state index in [0.717, 1.165) is 14.7 Å². The van der Waals surface area contributed by atoms with Gasteiger partial charge in [-0.15, -0.1) is 0 Å². The number of carbonyl (C=O) groups is 7. The van der Waals surface area contributed by atoms with E-state index < -0.39 is 92.6 Å². The third-order valence-corrected chi connectivity index (χ3v) is 8.29. The Morgan fingerprint density at radius 1 is 0.362 bits per heavy atom. The Balaban J connectivity index is 6.38. The molecule has 58 heavy (non-hydrogen) atoms. The predicted molar refractivity (Wildman–Crippen MR) is 217 cm³/mol. The van der Waals surface area contributed by atoms with E-state index >= 15 is 0 Å². The van der Waals surface area contributed by atoms with Crippen molar-refractivity contribution in [3.8, 4) is 0 Å². The second-order valence-corrected chi connectivity index (χ2v) is 16.9. The molecule has 0 aliphatic heterocycles. The summed E-state index contributed by atoms with van der Waals surface area (Å²) >= 11 is 0. The minimum absolute atomic E-state index is 0.000715. The number of hydrogen-bond acceptors (Lipinski definition) is 12. The van der Waals surface area contributed by atoms with E-state index in [4.69, 9.17) is 5.73 Å². The summed E-state index contributed by atoms with van der Waals surface area (Å²) in [5.74, 6) is -4.61. The quantitative estimate of drug-likeness (QED) is 0.0568. The zero-order chi connectivity index (χ0) is 45.0. The molecule has 0 aliphatic rings. The molecule has 0 aromatic carbocycles. The Morgan fingerprint density at radius 3 is 0.776 bits per heavy atom. The highest BCUT2D eigenvalue weighted by Gasteiger charge is 2.31. The molecule has 0 heterocycles. The van der Waals surface area contributed by atoms with E-state index in [1.54, 1.807) is 18.9 Å². The van der Waals surface area contributed by atoms with Crippen LogP contribution in [-0.4, -0.2) is 219 Å². The largest absolute Gasteiger partial charge is 0.392 e. The fraction of sp³-hybridized carbons (Fsp3) is 0.821. The first-order valence-electron chi connectivity index (χ1n) is 20.1. The van der Waals surface area contributed by atoms with Crippen LogP contribution in [0.15, 0.2) is 0 Å². The topological polar surface area (TPSA) is 249 Å². The lowest BCUT2D eigenvalue weighted by Gasteiger charge is -2.34. The standard InChI is InChI=1S/C39H74N8O11/c1-26(2)12-42(34(53)20-41(11)15-29(7)48)22-38(57)46(17-31(9)50)25-36(55)44(14-28(5)6)23-39(58)47(18-32(10)51)24-35(54)43(13-27(3)4)21-37(56)45(16-30(8)49)19-33(40)52/h26-32,48-51H,12-25H2,1-11H3,(H2,40,52). The molecule has 4 unspecified atom stereocenters. The minimum atomic E-state index is -1.08. The molecule has 0 fully saturated rings. The summed E-state index contributed by atoms with van der Waals surface area (Å²) < 4.78 is 0. The van der Waals surface area contributed by atoms with Crippen LogP contribution < -0.4 is 5.73 Å². The summed E-state index contributed by atoms with van der Waals surface area (Å²) in [7, 11) is 1.67. The average Bonchev–Trinajstić information content (AvgIpc) is 3.04. The van der Waals surface area contributed by atoms with Crippen LogP contribution in [0.4, 0.5) is 0 Å². The van der Waals surface area contributed by atoms with Gasteiger partial charge in [0.1, 0.15) is 0 Å². The first-order chi connectivity index (χ1) is 26.7. The molecule has 336 valence electrons. The third-order valence-electron chi connectivity index (χ3n) is 8.29. The molecule has 6 N–H and O–H groups in total. The van der Waals surface area contributed by atoms with Gasteiger partial charge in [0.25, 0.3) is 0 Å². The van der Waals surface area contributed by atoms with Crippen LogP contribution >= 0.6 is 0 Å². The van der Waals surface area contributed by atoms with Crippen molar-refractivity contribution in [2.24, 2.45) is 23.5 Å². The monoisotopic (exact) mass is 831 g/mol. The number of nitrogens with two attached hydrogens (primary N) is 1. The van der Waals surface area contributed by atoms with Gasteiger partial charge in [-0.05, 0) is 52.5 Å². The van der Waals surface area contributed by atoms with Gasteiger partial charge in [-0.3, -0.25) is 38.5 Å². The van der Waals surface area contributed by atoms with Crippen LogP contribution in [0.5, 0.6) is 0 Å². The molecule has 0 saturated carbocycles. The number of rotatable bonds is 28. The maximum Gasteiger partial charge on any atom is 0.242 e. The second kappa shape index (κ2) is 27.0. The lowest BCUT2D eigenvalue weighted by atomic mass is 10.2. The molecule has 0 aliphatic carbocycles. The number of aliphatic hydroxyl groups excluding tert-OH is 4. The van der Waals surface area contributed by atoms with Gasteiger partial charge >= 0.3 is 0 Å². The molecular weight excluding hydrogens is 756 g/mol. The smallest absolute Gasteiger partial charge is 0.242 e. The van der Waals surface area contributed by atoms with E-state index in [1.807, 2.05) is 41.5 Å². The molecule has 0 saturated heterocycles. The van der Waals surface area contributed by atoms with Crippen molar-refractivity contribution in [2.75, 3.05) is 98.7 Å². The van der Waals surface area contributed by atoms with Gasteiger partial charge in [0.2, 0.25) is 41.4 Å². The third kappa shape index (κ3) is 23.5. The number of hydrogen-bond donors (Lipinski definition) is 5. The highest BCUT2D eigenvalue weighted by atomic mass is 16.3. The second-order valence-electron chi connectivity index (χ2n) is 16.9. The maximum absolute atomic E-state index is 13.9. The van der Waals surface area contributed by atoms with Crippen molar-refractivity contribution in [1.82, 2.24) is 34.3 Å². The zero-order valence-electron chi connectivity index (χ0n) is 36.8. The Labute approximate surface area is 345 Å². The molecule has 0 spiro atoms. The number of primary amides is 1. The molecule has 0 bridgehead atoms.